The molecule has 170 valence electrons. The predicted molar refractivity (Wildman–Crippen MR) is 131 cm³/mol. The molecule has 0 spiro atoms. The van der Waals surface area contributed by atoms with Crippen LogP contribution in [-0.2, 0) is 11.8 Å². The zero-order valence-corrected chi connectivity index (χ0v) is 19.4. The standard InChI is InChI=1S/C27H29N3O3/c1-18(30-26(32)20-6-9-22(10-7-20)27(2,3)4)29-23-11-8-21(25(17-23)33-5)16-24(31)19-12-14-28-15-13-19/h6-15,17,29H,1,16H2,2-5H3,(H,30,32). The van der Waals surface area contributed by atoms with Crippen molar-refractivity contribution >= 4 is 17.4 Å². The number of ether oxygens (including phenoxy) is 1. The van der Waals surface area contributed by atoms with Gasteiger partial charge >= 0.3 is 0 Å². The summed E-state index contributed by atoms with van der Waals surface area (Å²) in [5.74, 6) is 0.631. The minimum absolute atomic E-state index is 0.0221. The molecule has 0 aliphatic heterocycles. The number of anilines is 1. The number of carbonyl (C=O) groups excluding carboxylic acids is 2. The molecule has 0 radical (unpaired) electrons. The topological polar surface area (TPSA) is 80.3 Å². The maximum Gasteiger partial charge on any atom is 0.256 e. The van der Waals surface area contributed by atoms with Crippen LogP contribution in [0.1, 0.15) is 52.6 Å². The summed E-state index contributed by atoms with van der Waals surface area (Å²) < 4.78 is 5.47. The fraction of sp³-hybridized carbons (Fsp3) is 0.222. The van der Waals surface area contributed by atoms with Crippen molar-refractivity contribution in [2.24, 2.45) is 0 Å². The van der Waals surface area contributed by atoms with Crippen LogP contribution in [0.25, 0.3) is 0 Å². The zero-order chi connectivity index (χ0) is 24.0. The molecule has 1 heterocycles. The maximum absolute atomic E-state index is 12.6. The number of nitrogens with zero attached hydrogens (tertiary/aromatic N) is 1. The van der Waals surface area contributed by atoms with Crippen molar-refractivity contribution in [1.29, 1.82) is 0 Å². The third-order valence-electron chi connectivity index (χ3n) is 5.21. The minimum atomic E-state index is -0.250. The molecule has 2 aromatic carbocycles. The molecule has 1 aromatic heterocycles. The number of rotatable bonds is 8. The summed E-state index contributed by atoms with van der Waals surface area (Å²) in [6.07, 6.45) is 3.39. The molecule has 0 saturated carbocycles. The van der Waals surface area contributed by atoms with Gasteiger partial charge in [-0.2, -0.15) is 0 Å². The van der Waals surface area contributed by atoms with Crippen LogP contribution in [0.5, 0.6) is 5.75 Å². The van der Waals surface area contributed by atoms with Crippen molar-refractivity contribution in [3.63, 3.8) is 0 Å². The number of methoxy groups -OCH3 is 1. The second kappa shape index (κ2) is 10.1. The second-order valence-electron chi connectivity index (χ2n) is 8.75. The first-order valence-corrected chi connectivity index (χ1v) is 10.7. The van der Waals surface area contributed by atoms with E-state index in [1.165, 1.54) is 0 Å². The molecule has 0 aliphatic rings. The molecule has 0 fully saturated rings. The van der Waals surface area contributed by atoms with E-state index in [4.69, 9.17) is 4.74 Å². The monoisotopic (exact) mass is 443 g/mol. The van der Waals surface area contributed by atoms with Gasteiger partial charge in [-0.15, -0.1) is 0 Å². The molecule has 3 rings (SSSR count). The summed E-state index contributed by atoms with van der Waals surface area (Å²) in [6.45, 7) is 10.3. The normalized spacial score (nSPS) is 10.9. The highest BCUT2D eigenvalue weighted by atomic mass is 16.5. The van der Waals surface area contributed by atoms with Gasteiger partial charge in [-0.05, 0) is 41.3 Å². The Balaban J connectivity index is 1.63. The number of Topliss-reactive ketones (excluding diaryl/α,β-unsaturated/α-hetero) is 1. The lowest BCUT2D eigenvalue weighted by Crippen LogP contribution is -2.26. The molecule has 0 aliphatic carbocycles. The van der Waals surface area contributed by atoms with Gasteiger partial charge in [0.15, 0.2) is 5.78 Å². The number of hydrogen-bond acceptors (Lipinski definition) is 5. The van der Waals surface area contributed by atoms with Gasteiger partial charge in [-0.1, -0.05) is 45.5 Å². The van der Waals surface area contributed by atoms with Gasteiger partial charge in [0.1, 0.15) is 11.6 Å². The highest BCUT2D eigenvalue weighted by molar-refractivity contribution is 5.98. The fourth-order valence-corrected chi connectivity index (χ4v) is 3.32. The quantitative estimate of drug-likeness (QED) is 0.472. The highest BCUT2D eigenvalue weighted by Gasteiger charge is 2.15. The Labute approximate surface area is 194 Å². The summed E-state index contributed by atoms with van der Waals surface area (Å²) in [5.41, 5.74) is 3.77. The Morgan fingerprint density at radius 2 is 1.64 bits per heavy atom. The first kappa shape index (κ1) is 23.7. The molecule has 0 unspecified atom stereocenters. The van der Waals surface area contributed by atoms with Crippen molar-refractivity contribution in [2.75, 3.05) is 12.4 Å². The molecule has 0 bridgehead atoms. The van der Waals surface area contributed by atoms with Gasteiger partial charge in [0, 0.05) is 47.3 Å². The zero-order valence-electron chi connectivity index (χ0n) is 19.4. The minimum Gasteiger partial charge on any atom is -0.496 e. The smallest absolute Gasteiger partial charge is 0.256 e. The first-order valence-electron chi connectivity index (χ1n) is 10.7. The van der Waals surface area contributed by atoms with Crippen LogP contribution < -0.4 is 15.4 Å². The number of pyridine rings is 1. The van der Waals surface area contributed by atoms with Crippen molar-refractivity contribution < 1.29 is 14.3 Å². The summed E-state index contributed by atoms with van der Waals surface area (Å²) in [6, 6.07) is 16.3. The Bertz CT molecular complexity index is 1150. The van der Waals surface area contributed by atoms with Gasteiger partial charge in [0.05, 0.1) is 7.11 Å². The lowest BCUT2D eigenvalue weighted by atomic mass is 9.87. The molecular formula is C27H29N3O3. The number of benzene rings is 2. The molecule has 33 heavy (non-hydrogen) atoms. The summed E-state index contributed by atoms with van der Waals surface area (Å²) in [4.78, 5) is 29.0. The largest absolute Gasteiger partial charge is 0.496 e. The van der Waals surface area contributed by atoms with E-state index in [1.54, 1.807) is 49.8 Å². The number of amides is 1. The van der Waals surface area contributed by atoms with Gasteiger partial charge in [-0.25, -0.2) is 0 Å². The van der Waals surface area contributed by atoms with E-state index < -0.39 is 0 Å². The van der Waals surface area contributed by atoms with Crippen molar-refractivity contribution in [3.8, 4) is 5.75 Å². The molecule has 6 nitrogen and oxygen atoms in total. The van der Waals surface area contributed by atoms with E-state index >= 15 is 0 Å². The van der Waals surface area contributed by atoms with Gasteiger partial charge in [0.25, 0.3) is 5.91 Å². The maximum atomic E-state index is 12.6. The van der Waals surface area contributed by atoms with E-state index in [-0.39, 0.29) is 23.5 Å². The Hall–Kier alpha value is -3.93. The van der Waals surface area contributed by atoms with Crippen molar-refractivity contribution in [2.45, 2.75) is 32.6 Å². The van der Waals surface area contributed by atoms with Crippen LogP contribution >= 0.6 is 0 Å². The Morgan fingerprint density at radius 1 is 0.970 bits per heavy atom. The van der Waals surface area contributed by atoms with Crippen molar-refractivity contribution in [3.05, 3.63) is 102 Å². The van der Waals surface area contributed by atoms with Crippen LogP contribution in [0.3, 0.4) is 0 Å². The van der Waals surface area contributed by atoms with Crippen LogP contribution in [0, 0.1) is 0 Å². The summed E-state index contributed by atoms with van der Waals surface area (Å²) in [5, 5.41) is 5.83. The third kappa shape index (κ3) is 6.29. The lowest BCUT2D eigenvalue weighted by Gasteiger charge is -2.19. The SMILES string of the molecule is C=C(NC(=O)c1ccc(C(C)(C)C)cc1)Nc1ccc(CC(=O)c2ccncc2)c(OC)c1. The third-order valence-corrected chi connectivity index (χ3v) is 5.21. The summed E-state index contributed by atoms with van der Waals surface area (Å²) >= 11 is 0. The molecule has 1 amide bonds. The van der Waals surface area contributed by atoms with Crippen molar-refractivity contribution in [1.82, 2.24) is 10.3 Å². The van der Waals surface area contributed by atoms with Crippen LogP contribution in [0.2, 0.25) is 0 Å². The van der Waals surface area contributed by atoms with Crippen LogP contribution in [0.15, 0.2) is 79.4 Å². The molecule has 6 heteroatoms. The highest BCUT2D eigenvalue weighted by Crippen LogP contribution is 2.25. The van der Waals surface area contributed by atoms with Gasteiger partial charge in [0.2, 0.25) is 0 Å². The molecule has 3 aromatic rings. The molecule has 0 atom stereocenters. The number of nitrogens with one attached hydrogen (secondary N) is 2. The average molecular weight is 444 g/mol. The van der Waals surface area contributed by atoms with E-state index in [0.717, 1.165) is 11.1 Å². The Kier molecular flexibility index (Phi) is 7.28. The first-order chi connectivity index (χ1) is 15.7. The van der Waals surface area contributed by atoms with Crippen LogP contribution in [-0.4, -0.2) is 23.8 Å². The number of hydrogen-bond donors (Lipinski definition) is 2. The molecular weight excluding hydrogens is 414 g/mol. The van der Waals surface area contributed by atoms with E-state index in [2.05, 4.69) is 43.0 Å². The Morgan fingerprint density at radius 3 is 2.24 bits per heavy atom. The average Bonchev–Trinajstić information content (AvgIpc) is 2.80. The summed E-state index contributed by atoms with van der Waals surface area (Å²) in [7, 11) is 1.55. The molecule has 0 saturated heterocycles. The number of aromatic nitrogens is 1. The van der Waals surface area contributed by atoms with Gasteiger partial charge in [-0.3, -0.25) is 14.6 Å². The molecule has 2 N–H and O–H groups in total. The lowest BCUT2D eigenvalue weighted by molar-refractivity contribution is 0.0964. The van der Waals surface area contributed by atoms with E-state index in [0.29, 0.717) is 28.4 Å². The number of ketones is 1. The van der Waals surface area contributed by atoms with E-state index in [9.17, 15) is 9.59 Å². The van der Waals surface area contributed by atoms with Crippen LogP contribution in [0.4, 0.5) is 5.69 Å². The van der Waals surface area contributed by atoms with Gasteiger partial charge < -0.3 is 15.4 Å². The fourth-order valence-electron chi connectivity index (χ4n) is 3.32. The van der Waals surface area contributed by atoms with E-state index in [1.807, 2.05) is 24.3 Å². The second-order valence-corrected chi connectivity index (χ2v) is 8.75. The number of carbonyl (C=O) groups is 2. The predicted octanol–water partition coefficient (Wildman–Crippen LogP) is 5.13.